The molecule has 4 rings (SSSR count). The summed E-state index contributed by atoms with van der Waals surface area (Å²) in [5.41, 5.74) is 3.66. The fourth-order valence-corrected chi connectivity index (χ4v) is 3.73. The Hall–Kier alpha value is -2.10. The molecule has 0 saturated carbocycles. The molecular weight excluding hydrogens is 298 g/mol. The van der Waals surface area contributed by atoms with Gasteiger partial charge in [0, 0.05) is 18.5 Å². The average Bonchev–Trinajstić information content (AvgIpc) is 3.11. The summed E-state index contributed by atoms with van der Waals surface area (Å²) in [7, 11) is 0. The fourth-order valence-electron chi connectivity index (χ4n) is 3.73. The van der Waals surface area contributed by atoms with Crippen LogP contribution in [0.25, 0.3) is 11.0 Å². The summed E-state index contributed by atoms with van der Waals surface area (Å²) in [5.74, 6) is 1.01. The van der Waals surface area contributed by atoms with E-state index >= 15 is 0 Å². The first kappa shape index (κ1) is 15.4. The van der Waals surface area contributed by atoms with Gasteiger partial charge in [-0.1, -0.05) is 42.0 Å². The van der Waals surface area contributed by atoms with Crippen LogP contribution < -0.4 is 0 Å². The Kier molecular flexibility index (Phi) is 3.70. The summed E-state index contributed by atoms with van der Waals surface area (Å²) < 4.78 is 6.07. The lowest BCUT2D eigenvalue weighted by molar-refractivity contribution is 0.0446. The number of aliphatic hydroxyl groups is 1. The maximum atomic E-state index is 11.0. The van der Waals surface area contributed by atoms with Crippen LogP contribution in [-0.4, -0.2) is 23.1 Å². The number of likely N-dealkylation sites (tertiary alicyclic amines) is 1. The molecule has 1 aromatic heterocycles. The third-order valence-electron chi connectivity index (χ3n) is 5.20. The molecule has 0 bridgehead atoms. The smallest absolute Gasteiger partial charge is 0.134 e. The zero-order valence-corrected chi connectivity index (χ0v) is 14.2. The van der Waals surface area contributed by atoms with Crippen molar-refractivity contribution in [3.8, 4) is 0 Å². The second kappa shape index (κ2) is 5.76. The number of nitrogens with zero attached hydrogens (tertiary/aromatic N) is 1. The molecule has 1 aliphatic rings. The van der Waals surface area contributed by atoms with E-state index in [4.69, 9.17) is 4.42 Å². The molecule has 1 saturated heterocycles. The molecule has 24 heavy (non-hydrogen) atoms. The van der Waals surface area contributed by atoms with Crippen molar-refractivity contribution in [2.24, 2.45) is 0 Å². The maximum absolute atomic E-state index is 11.0. The molecule has 0 aliphatic carbocycles. The molecule has 1 aliphatic heterocycles. The number of furan rings is 1. The topological polar surface area (TPSA) is 36.6 Å². The fraction of sp³-hybridized carbons (Fsp3) is 0.333. The molecule has 0 spiro atoms. The van der Waals surface area contributed by atoms with Gasteiger partial charge in [-0.3, -0.25) is 4.90 Å². The number of β-amino-alcohol motifs (C(OH)–C–C–N with tert-alkyl or cyclic N) is 1. The van der Waals surface area contributed by atoms with E-state index in [9.17, 15) is 5.11 Å². The van der Waals surface area contributed by atoms with E-state index in [0.29, 0.717) is 6.54 Å². The van der Waals surface area contributed by atoms with E-state index in [1.807, 2.05) is 36.4 Å². The minimum Gasteiger partial charge on any atom is -0.459 e. The van der Waals surface area contributed by atoms with Crippen molar-refractivity contribution in [2.75, 3.05) is 13.1 Å². The van der Waals surface area contributed by atoms with Crippen molar-refractivity contribution in [2.45, 2.75) is 32.4 Å². The van der Waals surface area contributed by atoms with Gasteiger partial charge in [-0.2, -0.15) is 0 Å². The summed E-state index contributed by atoms with van der Waals surface area (Å²) in [6, 6.07) is 16.3. The van der Waals surface area contributed by atoms with Crippen LogP contribution in [0.3, 0.4) is 0 Å². The van der Waals surface area contributed by atoms with Crippen molar-refractivity contribution in [1.29, 1.82) is 0 Å². The maximum Gasteiger partial charge on any atom is 0.134 e. The van der Waals surface area contributed by atoms with Gasteiger partial charge in [0.05, 0.1) is 6.54 Å². The van der Waals surface area contributed by atoms with E-state index in [0.717, 1.165) is 36.4 Å². The van der Waals surface area contributed by atoms with Gasteiger partial charge in [0.2, 0.25) is 0 Å². The van der Waals surface area contributed by atoms with Gasteiger partial charge in [-0.05, 0) is 43.5 Å². The Morgan fingerprint density at radius 2 is 1.92 bits per heavy atom. The highest BCUT2D eigenvalue weighted by Crippen LogP contribution is 2.34. The van der Waals surface area contributed by atoms with Crippen LogP contribution in [0.15, 0.2) is 52.9 Å². The van der Waals surface area contributed by atoms with E-state index in [-0.39, 0.29) is 0 Å². The molecule has 0 unspecified atom stereocenters. The Balaban J connectivity index is 1.56. The lowest BCUT2D eigenvalue weighted by Crippen LogP contribution is -2.30. The normalized spacial score (nSPS) is 21.6. The number of rotatable bonds is 3. The van der Waals surface area contributed by atoms with Crippen molar-refractivity contribution >= 4 is 11.0 Å². The third-order valence-corrected chi connectivity index (χ3v) is 5.20. The zero-order valence-electron chi connectivity index (χ0n) is 14.2. The Morgan fingerprint density at radius 3 is 2.71 bits per heavy atom. The highest BCUT2D eigenvalue weighted by Gasteiger charge is 2.37. The predicted molar refractivity (Wildman–Crippen MR) is 95.9 cm³/mol. The van der Waals surface area contributed by atoms with E-state index in [1.165, 1.54) is 16.5 Å². The quantitative estimate of drug-likeness (QED) is 0.787. The molecule has 3 nitrogen and oxygen atoms in total. The van der Waals surface area contributed by atoms with Crippen molar-refractivity contribution in [1.82, 2.24) is 4.90 Å². The molecule has 124 valence electrons. The van der Waals surface area contributed by atoms with E-state index < -0.39 is 5.60 Å². The molecule has 0 radical (unpaired) electrons. The van der Waals surface area contributed by atoms with Gasteiger partial charge in [0.1, 0.15) is 16.9 Å². The van der Waals surface area contributed by atoms with Crippen molar-refractivity contribution in [3.63, 3.8) is 0 Å². The standard InChI is InChI=1S/C21H23NO2/c1-15-8-9-19-18(12-15)16(2)20(24-19)13-22-11-10-21(23,14-22)17-6-4-3-5-7-17/h3-9,12,23H,10-11,13-14H2,1-2H3/t21-/m1/s1. The SMILES string of the molecule is Cc1ccc2oc(CN3CC[C@](O)(c4ccccc4)C3)c(C)c2c1. The number of fused-ring (bicyclic) bond motifs is 1. The summed E-state index contributed by atoms with van der Waals surface area (Å²) in [4.78, 5) is 2.28. The molecule has 1 N–H and O–H groups in total. The van der Waals surface area contributed by atoms with Crippen LogP contribution >= 0.6 is 0 Å². The van der Waals surface area contributed by atoms with Crippen LogP contribution in [0.4, 0.5) is 0 Å². The number of hydrogen-bond acceptors (Lipinski definition) is 3. The van der Waals surface area contributed by atoms with Crippen molar-refractivity contribution in [3.05, 3.63) is 71.0 Å². The molecule has 3 aromatic rings. The molecule has 0 amide bonds. The van der Waals surface area contributed by atoms with Crippen molar-refractivity contribution < 1.29 is 9.52 Å². The van der Waals surface area contributed by atoms with Gasteiger partial charge in [0.25, 0.3) is 0 Å². The third kappa shape index (κ3) is 2.64. The second-order valence-electron chi connectivity index (χ2n) is 7.01. The van der Waals surface area contributed by atoms with Gasteiger partial charge in [-0.25, -0.2) is 0 Å². The predicted octanol–water partition coefficient (Wildman–Crippen LogP) is 4.14. The van der Waals surface area contributed by atoms with Gasteiger partial charge >= 0.3 is 0 Å². The molecule has 3 heteroatoms. The first-order valence-electron chi connectivity index (χ1n) is 8.54. The van der Waals surface area contributed by atoms with Gasteiger partial charge < -0.3 is 9.52 Å². The van der Waals surface area contributed by atoms with Crippen LogP contribution in [-0.2, 0) is 12.1 Å². The molecule has 1 fully saturated rings. The number of benzene rings is 2. The second-order valence-corrected chi connectivity index (χ2v) is 7.01. The largest absolute Gasteiger partial charge is 0.459 e. The lowest BCUT2D eigenvalue weighted by atomic mass is 9.93. The summed E-state index contributed by atoms with van der Waals surface area (Å²) in [6.45, 7) is 6.49. The number of hydrogen-bond donors (Lipinski definition) is 1. The molecule has 2 aromatic carbocycles. The molecular formula is C21H23NO2. The molecule has 2 heterocycles. The summed E-state index contributed by atoms with van der Waals surface area (Å²) in [6.07, 6.45) is 0.759. The lowest BCUT2D eigenvalue weighted by Gasteiger charge is -2.23. The summed E-state index contributed by atoms with van der Waals surface area (Å²) in [5, 5.41) is 12.2. The average molecular weight is 321 g/mol. The number of aryl methyl sites for hydroxylation is 2. The Morgan fingerprint density at radius 1 is 1.12 bits per heavy atom. The zero-order chi connectivity index (χ0) is 16.7. The summed E-state index contributed by atoms with van der Waals surface area (Å²) >= 11 is 0. The minimum absolute atomic E-state index is 0.645. The van der Waals surface area contributed by atoms with Gasteiger partial charge in [-0.15, -0.1) is 0 Å². The first-order valence-corrected chi connectivity index (χ1v) is 8.54. The van der Waals surface area contributed by atoms with Crippen LogP contribution in [0.2, 0.25) is 0 Å². The highest BCUT2D eigenvalue weighted by atomic mass is 16.3. The van der Waals surface area contributed by atoms with Crippen LogP contribution in [0.1, 0.15) is 28.9 Å². The van der Waals surface area contributed by atoms with E-state index in [2.05, 4.69) is 30.9 Å². The highest BCUT2D eigenvalue weighted by molar-refractivity contribution is 5.82. The minimum atomic E-state index is -0.752. The molecule has 1 atom stereocenters. The van der Waals surface area contributed by atoms with Crippen LogP contribution in [0.5, 0.6) is 0 Å². The Labute approximate surface area is 142 Å². The van der Waals surface area contributed by atoms with Gasteiger partial charge in [0.15, 0.2) is 0 Å². The Bertz CT molecular complexity index is 868. The van der Waals surface area contributed by atoms with E-state index in [1.54, 1.807) is 0 Å². The van der Waals surface area contributed by atoms with Crippen LogP contribution in [0, 0.1) is 13.8 Å². The first-order chi connectivity index (χ1) is 11.5. The monoisotopic (exact) mass is 321 g/mol.